The van der Waals surface area contributed by atoms with Crippen molar-refractivity contribution in [3.8, 4) is 0 Å². The maximum Gasteiger partial charge on any atom is 0.132 e. The Bertz CT molecular complexity index is 59.1. The fourth-order valence-corrected chi connectivity index (χ4v) is 0. The molecule has 0 N–H and O–H groups in total. The summed E-state index contributed by atoms with van der Waals surface area (Å²) in [6, 6.07) is 0. The molecule has 1 nitrogen and oxygen atoms in total. The second-order valence-corrected chi connectivity index (χ2v) is 1.77. The Hall–Kier alpha value is 0.670. The van der Waals surface area contributed by atoms with E-state index in [9.17, 15) is 4.79 Å². The number of rotatable bonds is 1. The van der Waals surface area contributed by atoms with Crippen molar-refractivity contribution in [2.24, 2.45) is 5.92 Å². The van der Waals surface area contributed by atoms with Crippen LogP contribution in [0, 0.1) is 5.92 Å². The predicted molar refractivity (Wildman–Crippen MR) is 31.3 cm³/mol. The van der Waals surface area contributed by atoms with Gasteiger partial charge in [0.2, 0.25) is 0 Å². The molecule has 1 radical (unpaired) electrons. The van der Waals surface area contributed by atoms with E-state index in [1.165, 1.54) is 0 Å². The second-order valence-electron chi connectivity index (χ2n) is 1.77. The van der Waals surface area contributed by atoms with Gasteiger partial charge in [0, 0.05) is 35.5 Å². The molecule has 0 aromatic rings. The second kappa shape index (κ2) is 4.82. The summed E-state index contributed by atoms with van der Waals surface area (Å²) >= 11 is 0. The van der Waals surface area contributed by atoms with Crippen LogP contribution in [-0.4, -0.2) is 35.3 Å². The molecule has 2 heteroatoms. The van der Waals surface area contributed by atoms with Crippen LogP contribution in [-0.2, 0) is 4.79 Å². The monoisotopic (exact) mass is 109 g/mol. The van der Waals surface area contributed by atoms with Crippen molar-refractivity contribution in [3.05, 3.63) is 0 Å². The Morgan fingerprint density at radius 3 is 1.57 bits per heavy atom. The van der Waals surface area contributed by atoms with E-state index in [2.05, 4.69) is 0 Å². The van der Waals surface area contributed by atoms with Gasteiger partial charge in [-0.05, 0) is 6.92 Å². The molecular weight excluding hydrogens is 99.0 g/mol. The van der Waals surface area contributed by atoms with Gasteiger partial charge in [0.15, 0.2) is 0 Å². The molecule has 0 rings (SSSR count). The largest absolute Gasteiger partial charge is 0.300 e. The summed E-state index contributed by atoms with van der Waals surface area (Å²) < 4.78 is 0. The van der Waals surface area contributed by atoms with Crippen molar-refractivity contribution in [1.82, 2.24) is 0 Å². The van der Waals surface area contributed by atoms with Crippen LogP contribution in [0.1, 0.15) is 20.8 Å². The summed E-state index contributed by atoms with van der Waals surface area (Å²) in [5.41, 5.74) is 0. The van der Waals surface area contributed by atoms with Gasteiger partial charge in [0.05, 0.1) is 0 Å². The number of ketones is 1. The SMILES string of the molecule is CC(=O)C(C)C.[Na]. The molecule has 0 aliphatic heterocycles. The molecule has 0 fully saturated rings. The standard InChI is InChI=1S/C5H10O.Na/c1-4(2)5(3)6;/h4H,1-3H3;. The molecule has 0 aliphatic rings. The summed E-state index contributed by atoms with van der Waals surface area (Å²) in [6.07, 6.45) is 0. The molecule has 0 spiro atoms. The average molecular weight is 109 g/mol. The van der Waals surface area contributed by atoms with Crippen molar-refractivity contribution in [2.45, 2.75) is 20.8 Å². The Morgan fingerprint density at radius 1 is 1.43 bits per heavy atom. The smallest absolute Gasteiger partial charge is 0.132 e. The summed E-state index contributed by atoms with van der Waals surface area (Å²) in [6.45, 7) is 5.38. The molecule has 0 aromatic heterocycles. The van der Waals surface area contributed by atoms with E-state index in [1.807, 2.05) is 13.8 Å². The summed E-state index contributed by atoms with van der Waals surface area (Å²) in [5, 5.41) is 0. The van der Waals surface area contributed by atoms with Crippen molar-refractivity contribution in [3.63, 3.8) is 0 Å². The zero-order valence-corrected chi connectivity index (χ0v) is 7.49. The molecule has 0 atom stereocenters. The molecular formula is C5H10NaO. The number of hydrogen-bond donors (Lipinski definition) is 0. The third-order valence-electron chi connectivity index (χ3n) is 0.813. The van der Waals surface area contributed by atoms with E-state index >= 15 is 0 Å². The number of hydrogen-bond acceptors (Lipinski definition) is 1. The molecule has 0 bridgehead atoms. The minimum absolute atomic E-state index is 0. The quantitative estimate of drug-likeness (QED) is 0.456. The summed E-state index contributed by atoms with van der Waals surface area (Å²) in [7, 11) is 0. The van der Waals surface area contributed by atoms with Gasteiger partial charge in [-0.2, -0.15) is 0 Å². The number of carbonyl (C=O) groups is 1. The predicted octanol–water partition coefficient (Wildman–Crippen LogP) is 0.851. The first kappa shape index (κ1) is 10.6. The van der Waals surface area contributed by atoms with Crippen molar-refractivity contribution >= 4 is 35.3 Å². The van der Waals surface area contributed by atoms with Gasteiger partial charge in [-0.3, -0.25) is 4.79 Å². The van der Waals surface area contributed by atoms with Crippen molar-refractivity contribution < 1.29 is 4.79 Å². The molecule has 0 heterocycles. The van der Waals surface area contributed by atoms with Gasteiger partial charge in [0.1, 0.15) is 5.78 Å². The maximum atomic E-state index is 10.1. The Kier molecular flexibility index (Phi) is 7.31. The van der Waals surface area contributed by atoms with Crippen LogP contribution in [0.2, 0.25) is 0 Å². The maximum absolute atomic E-state index is 10.1. The Balaban J connectivity index is 0. The van der Waals surface area contributed by atoms with Gasteiger partial charge < -0.3 is 0 Å². The van der Waals surface area contributed by atoms with Crippen molar-refractivity contribution in [1.29, 1.82) is 0 Å². The van der Waals surface area contributed by atoms with Gasteiger partial charge in [-0.25, -0.2) is 0 Å². The first-order valence-electron chi connectivity index (χ1n) is 2.15. The zero-order chi connectivity index (χ0) is 5.15. The van der Waals surface area contributed by atoms with Crippen LogP contribution >= 0.6 is 0 Å². The van der Waals surface area contributed by atoms with E-state index in [1.54, 1.807) is 6.92 Å². The zero-order valence-electron chi connectivity index (χ0n) is 5.49. The van der Waals surface area contributed by atoms with Gasteiger partial charge >= 0.3 is 0 Å². The number of Topliss-reactive ketones (excluding diaryl/α,β-unsaturated/α-hetero) is 1. The molecule has 0 aromatic carbocycles. The van der Waals surface area contributed by atoms with Gasteiger partial charge in [-0.1, -0.05) is 13.8 Å². The van der Waals surface area contributed by atoms with Crippen LogP contribution < -0.4 is 0 Å². The van der Waals surface area contributed by atoms with Gasteiger partial charge in [-0.15, -0.1) is 0 Å². The van der Waals surface area contributed by atoms with Crippen LogP contribution in [0.15, 0.2) is 0 Å². The van der Waals surface area contributed by atoms with Crippen LogP contribution in [0.4, 0.5) is 0 Å². The minimum Gasteiger partial charge on any atom is -0.300 e. The fraction of sp³-hybridized carbons (Fsp3) is 0.800. The molecule has 0 amide bonds. The Labute approximate surface area is 66.8 Å². The van der Waals surface area contributed by atoms with E-state index in [0.29, 0.717) is 0 Å². The van der Waals surface area contributed by atoms with Gasteiger partial charge in [0.25, 0.3) is 0 Å². The summed E-state index contributed by atoms with van der Waals surface area (Å²) in [4.78, 5) is 10.1. The summed E-state index contributed by atoms with van der Waals surface area (Å²) in [5.74, 6) is 0.472. The molecule has 0 unspecified atom stereocenters. The molecule has 37 valence electrons. The Morgan fingerprint density at radius 2 is 1.57 bits per heavy atom. The van der Waals surface area contributed by atoms with E-state index in [4.69, 9.17) is 0 Å². The van der Waals surface area contributed by atoms with E-state index < -0.39 is 0 Å². The fourth-order valence-electron chi connectivity index (χ4n) is 0. The van der Waals surface area contributed by atoms with E-state index in [-0.39, 0.29) is 41.3 Å². The average Bonchev–Trinajstić information content (AvgIpc) is 1.36. The molecule has 0 saturated heterocycles. The molecule has 0 aliphatic carbocycles. The molecule has 7 heavy (non-hydrogen) atoms. The van der Waals surface area contributed by atoms with Crippen LogP contribution in [0.3, 0.4) is 0 Å². The topological polar surface area (TPSA) is 17.1 Å². The van der Waals surface area contributed by atoms with Crippen LogP contribution in [0.5, 0.6) is 0 Å². The minimum atomic E-state index is 0. The number of carbonyl (C=O) groups excluding carboxylic acids is 1. The van der Waals surface area contributed by atoms with E-state index in [0.717, 1.165) is 0 Å². The first-order chi connectivity index (χ1) is 2.64. The third-order valence-corrected chi connectivity index (χ3v) is 0.813. The normalized spacial score (nSPS) is 8.00. The third kappa shape index (κ3) is 6.67. The first-order valence-corrected chi connectivity index (χ1v) is 2.15. The van der Waals surface area contributed by atoms with Crippen molar-refractivity contribution in [2.75, 3.05) is 0 Å². The van der Waals surface area contributed by atoms with Crippen LogP contribution in [0.25, 0.3) is 0 Å². The molecule has 0 saturated carbocycles.